The minimum Gasteiger partial charge on any atom is -0.330 e. The number of rotatable bonds is 6. The Hall–Kier alpha value is -2.78. The Balaban J connectivity index is 1.84. The highest BCUT2D eigenvalue weighted by atomic mass is 32.1. The van der Waals surface area contributed by atoms with E-state index in [0.29, 0.717) is 6.54 Å². The van der Waals surface area contributed by atoms with E-state index in [0.717, 1.165) is 51.8 Å². The van der Waals surface area contributed by atoms with Crippen LogP contribution in [0.25, 0.3) is 16.9 Å². The molecule has 0 saturated heterocycles. The van der Waals surface area contributed by atoms with Gasteiger partial charge in [-0.2, -0.15) is 9.47 Å². The monoisotopic (exact) mass is 368 g/mol. The van der Waals surface area contributed by atoms with Gasteiger partial charge >= 0.3 is 0 Å². The third-order valence-corrected chi connectivity index (χ3v) is 4.98. The molecule has 26 heavy (non-hydrogen) atoms. The third-order valence-electron chi connectivity index (χ3n) is 4.16. The fourth-order valence-electron chi connectivity index (χ4n) is 2.81. The van der Waals surface area contributed by atoms with Gasteiger partial charge in [0.25, 0.3) is 0 Å². The molecule has 0 saturated carbocycles. The summed E-state index contributed by atoms with van der Waals surface area (Å²) in [5.74, 6) is 0.724. The Labute approximate surface area is 154 Å². The van der Waals surface area contributed by atoms with Crippen molar-refractivity contribution >= 4 is 28.0 Å². The third kappa shape index (κ3) is 3.06. The van der Waals surface area contributed by atoms with Gasteiger partial charge in [-0.15, -0.1) is 0 Å². The summed E-state index contributed by atoms with van der Waals surface area (Å²) < 4.78 is 8.07. The molecule has 4 rings (SSSR count). The van der Waals surface area contributed by atoms with Crippen molar-refractivity contribution in [2.45, 2.75) is 19.8 Å². The van der Waals surface area contributed by atoms with Crippen molar-refractivity contribution in [2.24, 2.45) is 12.8 Å². The zero-order chi connectivity index (χ0) is 18.1. The van der Waals surface area contributed by atoms with E-state index in [1.807, 2.05) is 45.0 Å². The summed E-state index contributed by atoms with van der Waals surface area (Å²) in [6, 6.07) is 0. The van der Waals surface area contributed by atoms with Crippen molar-refractivity contribution in [1.29, 1.82) is 0 Å². The van der Waals surface area contributed by atoms with Crippen LogP contribution in [0, 0.1) is 6.92 Å². The molecular weight excluding hydrogens is 348 g/mol. The Morgan fingerprint density at radius 3 is 2.81 bits per heavy atom. The minimum atomic E-state index is 0.635. The van der Waals surface area contributed by atoms with Crippen LogP contribution < -0.4 is 11.1 Å². The summed E-state index contributed by atoms with van der Waals surface area (Å²) in [7, 11) is 1.90. The van der Waals surface area contributed by atoms with Gasteiger partial charge in [0, 0.05) is 36.8 Å². The van der Waals surface area contributed by atoms with Crippen molar-refractivity contribution in [3.63, 3.8) is 0 Å². The van der Waals surface area contributed by atoms with Crippen molar-refractivity contribution < 1.29 is 0 Å². The smallest absolute Gasteiger partial charge is 0.180 e. The van der Waals surface area contributed by atoms with Crippen LogP contribution >= 0.6 is 11.5 Å². The maximum atomic E-state index is 5.68. The Morgan fingerprint density at radius 1 is 1.23 bits per heavy atom. The van der Waals surface area contributed by atoms with Gasteiger partial charge in [0.1, 0.15) is 5.00 Å². The SMILES string of the molecule is Cc1cnsc1Nc1nc(CCCN)cn2c(-c3cnn(C)c3)cnc12. The summed E-state index contributed by atoms with van der Waals surface area (Å²) in [6.07, 6.45) is 11.2. The Kier molecular flexibility index (Phi) is 4.39. The lowest BCUT2D eigenvalue weighted by Gasteiger charge is -2.10. The number of imidazole rings is 1. The molecule has 0 aliphatic heterocycles. The summed E-state index contributed by atoms with van der Waals surface area (Å²) in [5, 5.41) is 8.63. The highest BCUT2D eigenvalue weighted by molar-refractivity contribution is 7.10. The Bertz CT molecular complexity index is 1040. The zero-order valence-corrected chi connectivity index (χ0v) is 15.5. The highest BCUT2D eigenvalue weighted by Crippen LogP contribution is 2.28. The second kappa shape index (κ2) is 6.85. The number of aromatic nitrogens is 6. The summed E-state index contributed by atoms with van der Waals surface area (Å²) in [6.45, 7) is 2.66. The van der Waals surface area contributed by atoms with Crippen LogP contribution in [0.4, 0.5) is 10.8 Å². The molecule has 0 aliphatic rings. The van der Waals surface area contributed by atoms with Crippen molar-refractivity contribution in [3.05, 3.63) is 42.2 Å². The lowest BCUT2D eigenvalue weighted by Crippen LogP contribution is -2.06. The number of fused-ring (bicyclic) bond motifs is 1. The first-order valence-electron chi connectivity index (χ1n) is 8.40. The molecule has 0 amide bonds. The molecule has 0 aromatic carbocycles. The Morgan fingerprint density at radius 2 is 2.12 bits per heavy atom. The van der Waals surface area contributed by atoms with E-state index in [-0.39, 0.29) is 0 Å². The minimum absolute atomic E-state index is 0.635. The van der Waals surface area contributed by atoms with Crippen LogP contribution in [0.1, 0.15) is 17.7 Å². The number of nitrogens with one attached hydrogen (secondary N) is 1. The highest BCUT2D eigenvalue weighted by Gasteiger charge is 2.15. The van der Waals surface area contributed by atoms with Crippen molar-refractivity contribution in [3.8, 4) is 11.3 Å². The van der Waals surface area contributed by atoms with Crippen molar-refractivity contribution in [1.82, 2.24) is 28.5 Å². The molecule has 4 aromatic heterocycles. The fraction of sp³-hybridized carbons (Fsp3) is 0.294. The molecule has 0 spiro atoms. The second-order valence-electron chi connectivity index (χ2n) is 6.18. The quantitative estimate of drug-likeness (QED) is 0.543. The second-order valence-corrected chi connectivity index (χ2v) is 6.98. The molecule has 0 radical (unpaired) electrons. The molecule has 0 fully saturated rings. The van der Waals surface area contributed by atoms with Crippen LogP contribution in [-0.4, -0.2) is 35.1 Å². The molecule has 3 N–H and O–H groups in total. The van der Waals surface area contributed by atoms with E-state index in [1.54, 1.807) is 4.68 Å². The standard InChI is InChI=1S/C17H20N8S/c1-11-6-21-26-17(11)23-15-16-19-8-14(12-7-20-24(2)9-12)25(16)10-13(22-15)4-3-5-18/h6-10H,3-5,18H2,1-2H3,(H,22,23). The van der Waals surface area contributed by atoms with Crippen LogP contribution in [0.3, 0.4) is 0 Å². The van der Waals surface area contributed by atoms with Crippen LogP contribution in [0.2, 0.25) is 0 Å². The molecule has 0 aliphatic carbocycles. The molecule has 0 unspecified atom stereocenters. The molecule has 4 aromatic rings. The first-order valence-corrected chi connectivity index (χ1v) is 9.17. The largest absolute Gasteiger partial charge is 0.330 e. The van der Waals surface area contributed by atoms with Gasteiger partial charge in [0.2, 0.25) is 0 Å². The fourth-order valence-corrected chi connectivity index (χ4v) is 3.47. The van der Waals surface area contributed by atoms with Gasteiger partial charge in [-0.1, -0.05) is 0 Å². The summed E-state index contributed by atoms with van der Waals surface area (Å²) in [4.78, 5) is 9.37. The van der Waals surface area contributed by atoms with E-state index in [4.69, 9.17) is 10.7 Å². The number of anilines is 2. The molecule has 0 bridgehead atoms. The predicted molar refractivity (Wildman–Crippen MR) is 103 cm³/mol. The van der Waals surface area contributed by atoms with E-state index in [1.165, 1.54) is 11.5 Å². The van der Waals surface area contributed by atoms with E-state index >= 15 is 0 Å². The first kappa shape index (κ1) is 16.7. The van der Waals surface area contributed by atoms with Gasteiger partial charge in [-0.25, -0.2) is 9.97 Å². The summed E-state index contributed by atoms with van der Waals surface area (Å²) in [5.41, 5.74) is 10.5. The van der Waals surface area contributed by atoms with Gasteiger partial charge in [-0.05, 0) is 37.8 Å². The molecule has 8 nitrogen and oxygen atoms in total. The lowest BCUT2D eigenvalue weighted by atomic mass is 10.2. The average molecular weight is 368 g/mol. The topological polar surface area (TPSA) is 99.0 Å². The number of hydrogen-bond donors (Lipinski definition) is 2. The van der Waals surface area contributed by atoms with E-state index in [2.05, 4.69) is 24.2 Å². The maximum Gasteiger partial charge on any atom is 0.180 e. The number of nitrogens with zero attached hydrogens (tertiary/aromatic N) is 6. The average Bonchev–Trinajstić information content (AvgIpc) is 3.34. The molecular formula is C17H20N8S. The number of nitrogens with two attached hydrogens (primary N) is 1. The van der Waals surface area contributed by atoms with Gasteiger partial charge in [0.15, 0.2) is 11.5 Å². The predicted octanol–water partition coefficient (Wildman–Crippen LogP) is 2.53. The molecule has 4 heterocycles. The molecule has 9 heteroatoms. The normalized spacial score (nSPS) is 11.3. The van der Waals surface area contributed by atoms with E-state index < -0.39 is 0 Å². The number of hydrogen-bond acceptors (Lipinski definition) is 7. The van der Waals surface area contributed by atoms with Crippen LogP contribution in [0.15, 0.2) is 31.0 Å². The van der Waals surface area contributed by atoms with Gasteiger partial charge in [-0.3, -0.25) is 9.08 Å². The maximum absolute atomic E-state index is 5.68. The van der Waals surface area contributed by atoms with Crippen molar-refractivity contribution in [2.75, 3.05) is 11.9 Å². The number of aryl methyl sites for hydroxylation is 3. The zero-order valence-electron chi connectivity index (χ0n) is 14.7. The molecule has 134 valence electrons. The van der Waals surface area contributed by atoms with Gasteiger partial charge < -0.3 is 11.1 Å². The first-order chi connectivity index (χ1) is 12.7. The van der Waals surface area contributed by atoms with Gasteiger partial charge in [0.05, 0.1) is 23.8 Å². The van der Waals surface area contributed by atoms with Crippen LogP contribution in [0.5, 0.6) is 0 Å². The van der Waals surface area contributed by atoms with E-state index in [9.17, 15) is 0 Å². The summed E-state index contributed by atoms with van der Waals surface area (Å²) >= 11 is 1.41. The van der Waals surface area contributed by atoms with Crippen LogP contribution in [-0.2, 0) is 13.5 Å². The lowest BCUT2D eigenvalue weighted by molar-refractivity contribution is 0.768. The molecule has 0 atom stereocenters.